The van der Waals surface area contributed by atoms with Crippen LogP contribution >= 0.6 is 24.0 Å². The van der Waals surface area contributed by atoms with E-state index in [1.54, 1.807) is 25.3 Å². The molecule has 0 radical (unpaired) electrons. The minimum atomic E-state index is -0.351. The number of halogens is 2. The maximum atomic E-state index is 13.7. The van der Waals surface area contributed by atoms with Crippen molar-refractivity contribution >= 4 is 29.9 Å². The Morgan fingerprint density at radius 1 is 1.36 bits per heavy atom. The first kappa shape index (κ1) is 24.9. The maximum absolute atomic E-state index is 13.7. The predicted octanol–water partition coefficient (Wildman–Crippen LogP) is 3.16. The van der Waals surface area contributed by atoms with Crippen LogP contribution in [-0.4, -0.2) is 70.1 Å². The average molecular weight is 509 g/mol. The number of nitrogens with one attached hydrogen (secondary N) is 1. The molecule has 0 saturated carbocycles. The van der Waals surface area contributed by atoms with Crippen LogP contribution in [0.5, 0.6) is 5.75 Å². The number of hydrogen-bond donors (Lipinski definition) is 1. The Bertz CT molecular complexity index is 592. The highest BCUT2D eigenvalue weighted by Gasteiger charge is 2.25. The number of aliphatic imine (C=N–C) groups is 1. The van der Waals surface area contributed by atoms with Crippen LogP contribution in [0.25, 0.3) is 0 Å². The highest BCUT2D eigenvalue weighted by atomic mass is 127. The zero-order valence-corrected chi connectivity index (χ0v) is 19.4. The Labute approximate surface area is 184 Å². The summed E-state index contributed by atoms with van der Waals surface area (Å²) < 4.78 is 30.0. The molecule has 1 aromatic carbocycles. The molecule has 0 bridgehead atoms. The van der Waals surface area contributed by atoms with Crippen LogP contribution in [0.15, 0.2) is 29.3 Å². The summed E-state index contributed by atoms with van der Waals surface area (Å²) >= 11 is 0. The largest absolute Gasteiger partial charge is 0.486 e. The van der Waals surface area contributed by atoms with Gasteiger partial charge in [0.2, 0.25) is 0 Å². The Morgan fingerprint density at radius 2 is 2.14 bits per heavy atom. The molecule has 2 unspecified atom stereocenters. The van der Waals surface area contributed by atoms with Gasteiger partial charge in [-0.05, 0) is 32.4 Å². The summed E-state index contributed by atoms with van der Waals surface area (Å²) in [6.07, 6.45) is 0.866. The van der Waals surface area contributed by atoms with Gasteiger partial charge in [0.1, 0.15) is 6.10 Å². The van der Waals surface area contributed by atoms with Crippen molar-refractivity contribution < 1.29 is 18.6 Å². The molecule has 1 N–H and O–H groups in total. The first-order valence-corrected chi connectivity index (χ1v) is 9.65. The van der Waals surface area contributed by atoms with Gasteiger partial charge in [0.05, 0.1) is 26.4 Å². The number of guanidine groups is 1. The van der Waals surface area contributed by atoms with Crippen molar-refractivity contribution in [2.45, 2.75) is 26.4 Å². The average Bonchev–Trinajstić information content (AvgIpc) is 3.13. The minimum Gasteiger partial charge on any atom is -0.486 e. The number of ether oxygens (including phenoxy) is 3. The van der Waals surface area contributed by atoms with Gasteiger partial charge in [-0.1, -0.05) is 12.1 Å². The third kappa shape index (κ3) is 8.48. The molecule has 6 nitrogen and oxygen atoms in total. The van der Waals surface area contributed by atoms with Gasteiger partial charge >= 0.3 is 0 Å². The summed E-state index contributed by atoms with van der Waals surface area (Å²) in [7, 11) is 1.68. The highest BCUT2D eigenvalue weighted by molar-refractivity contribution is 14.0. The van der Waals surface area contributed by atoms with Gasteiger partial charge in [-0.3, -0.25) is 0 Å². The van der Waals surface area contributed by atoms with Crippen LogP contribution in [-0.2, 0) is 9.47 Å². The van der Waals surface area contributed by atoms with E-state index in [4.69, 9.17) is 14.2 Å². The SMILES string of the molecule is CCNC(=NCC(C)Oc1ccccc1F)N1CCC(COCCOC)C1.I. The predicted molar refractivity (Wildman–Crippen MR) is 120 cm³/mol. The van der Waals surface area contributed by atoms with Gasteiger partial charge < -0.3 is 24.4 Å². The van der Waals surface area contributed by atoms with Crippen LogP contribution in [0.3, 0.4) is 0 Å². The van der Waals surface area contributed by atoms with Crippen molar-refractivity contribution in [3.8, 4) is 5.75 Å². The van der Waals surface area contributed by atoms with Gasteiger partial charge in [0, 0.05) is 32.7 Å². The van der Waals surface area contributed by atoms with Crippen molar-refractivity contribution in [1.82, 2.24) is 10.2 Å². The molecule has 2 atom stereocenters. The van der Waals surface area contributed by atoms with E-state index in [0.29, 0.717) is 25.7 Å². The van der Waals surface area contributed by atoms with Crippen molar-refractivity contribution in [3.63, 3.8) is 0 Å². The van der Waals surface area contributed by atoms with Crippen molar-refractivity contribution in [1.29, 1.82) is 0 Å². The van der Waals surface area contributed by atoms with Gasteiger partial charge in [-0.2, -0.15) is 0 Å². The third-order valence-corrected chi connectivity index (χ3v) is 4.37. The quantitative estimate of drug-likeness (QED) is 0.227. The normalized spacial score (nSPS) is 17.9. The lowest BCUT2D eigenvalue weighted by molar-refractivity contribution is 0.0536. The van der Waals surface area contributed by atoms with Crippen molar-refractivity contribution in [2.75, 3.05) is 53.1 Å². The molecule has 1 saturated heterocycles. The molecular formula is C20H33FIN3O3. The third-order valence-electron chi connectivity index (χ3n) is 4.37. The maximum Gasteiger partial charge on any atom is 0.194 e. The Hall–Kier alpha value is -1.13. The molecule has 1 aliphatic heterocycles. The van der Waals surface area contributed by atoms with Crippen molar-refractivity contribution in [3.05, 3.63) is 30.1 Å². The van der Waals surface area contributed by atoms with Crippen molar-refractivity contribution in [2.24, 2.45) is 10.9 Å². The van der Waals surface area contributed by atoms with Crippen LogP contribution in [0.1, 0.15) is 20.3 Å². The number of rotatable bonds is 10. The van der Waals surface area contributed by atoms with Crippen LogP contribution in [0, 0.1) is 11.7 Å². The number of nitrogens with zero attached hydrogens (tertiary/aromatic N) is 2. The molecule has 1 heterocycles. The monoisotopic (exact) mass is 509 g/mol. The fourth-order valence-corrected chi connectivity index (χ4v) is 2.99. The molecular weight excluding hydrogens is 476 g/mol. The number of methoxy groups -OCH3 is 1. The lowest BCUT2D eigenvalue weighted by Gasteiger charge is -2.22. The summed E-state index contributed by atoms with van der Waals surface area (Å²) in [5.74, 6) is 1.29. The number of para-hydroxylation sites is 1. The zero-order chi connectivity index (χ0) is 19.5. The van der Waals surface area contributed by atoms with Crippen LogP contribution in [0.2, 0.25) is 0 Å². The topological polar surface area (TPSA) is 55.3 Å². The molecule has 28 heavy (non-hydrogen) atoms. The molecule has 0 aromatic heterocycles. The lowest BCUT2D eigenvalue weighted by Crippen LogP contribution is -2.41. The Morgan fingerprint density at radius 3 is 2.86 bits per heavy atom. The van der Waals surface area contributed by atoms with E-state index in [2.05, 4.69) is 22.1 Å². The van der Waals surface area contributed by atoms with E-state index >= 15 is 0 Å². The van der Waals surface area contributed by atoms with Gasteiger partial charge in [0.25, 0.3) is 0 Å². The minimum absolute atomic E-state index is 0. The Kier molecular flexibility index (Phi) is 12.4. The van der Waals surface area contributed by atoms with Gasteiger partial charge in [0.15, 0.2) is 17.5 Å². The molecule has 2 rings (SSSR count). The van der Waals surface area contributed by atoms with E-state index in [1.165, 1.54) is 6.07 Å². The van der Waals surface area contributed by atoms with E-state index in [0.717, 1.165) is 38.6 Å². The molecule has 1 aliphatic rings. The summed E-state index contributed by atoms with van der Waals surface area (Å²) in [6.45, 7) is 9.08. The van der Waals surface area contributed by atoms with E-state index < -0.39 is 0 Å². The second kappa shape index (κ2) is 13.9. The molecule has 1 aromatic rings. The fraction of sp³-hybridized carbons (Fsp3) is 0.650. The molecule has 1 fully saturated rings. The smallest absolute Gasteiger partial charge is 0.194 e. The summed E-state index contributed by atoms with van der Waals surface area (Å²) in [4.78, 5) is 6.94. The standard InChI is InChI=1S/C20H32FN3O3.HI/c1-4-22-20(24-10-9-17(14-24)15-26-12-11-25-3)23-13-16(2)27-19-8-6-5-7-18(19)21;/h5-8,16-17H,4,9-15H2,1-3H3,(H,22,23);1H. The highest BCUT2D eigenvalue weighted by Crippen LogP contribution is 2.18. The fourth-order valence-electron chi connectivity index (χ4n) is 2.99. The second-order valence-electron chi connectivity index (χ2n) is 6.72. The number of hydrogen-bond acceptors (Lipinski definition) is 4. The molecule has 160 valence electrons. The first-order chi connectivity index (χ1) is 13.1. The second-order valence-corrected chi connectivity index (χ2v) is 6.72. The van der Waals surface area contributed by atoms with Gasteiger partial charge in [-0.25, -0.2) is 9.38 Å². The zero-order valence-electron chi connectivity index (χ0n) is 17.0. The molecule has 0 aliphatic carbocycles. The molecule has 0 spiro atoms. The number of benzene rings is 1. The summed E-state index contributed by atoms with van der Waals surface area (Å²) in [5.41, 5.74) is 0. The molecule has 0 amide bonds. The van der Waals surface area contributed by atoms with Crippen LogP contribution in [0.4, 0.5) is 4.39 Å². The Balaban J connectivity index is 0.00000392. The van der Waals surface area contributed by atoms with Crippen LogP contribution < -0.4 is 10.1 Å². The van der Waals surface area contributed by atoms with Gasteiger partial charge in [-0.15, -0.1) is 24.0 Å². The summed E-state index contributed by atoms with van der Waals surface area (Å²) in [6, 6.07) is 6.44. The van der Waals surface area contributed by atoms with E-state index in [1.807, 2.05) is 6.92 Å². The lowest BCUT2D eigenvalue weighted by atomic mass is 10.1. The summed E-state index contributed by atoms with van der Waals surface area (Å²) in [5, 5.41) is 3.34. The van der Waals surface area contributed by atoms with E-state index in [9.17, 15) is 4.39 Å². The van der Waals surface area contributed by atoms with E-state index in [-0.39, 0.29) is 41.6 Å². The number of likely N-dealkylation sites (tertiary alicyclic amines) is 1. The molecule has 8 heteroatoms. The first-order valence-electron chi connectivity index (χ1n) is 9.65.